The van der Waals surface area contributed by atoms with Crippen LogP contribution in [0, 0.1) is 0 Å². The molecule has 0 atom stereocenters. The number of aromatic nitrogens is 1. The van der Waals surface area contributed by atoms with Crippen molar-refractivity contribution in [1.82, 2.24) is 10.4 Å². The molecule has 0 fully saturated rings. The maximum Gasteiger partial charge on any atom is 0.250 e. The molecule has 3 rings (SSSR count). The average Bonchev–Trinajstić information content (AvgIpc) is 3.06. The van der Waals surface area contributed by atoms with Crippen LogP contribution >= 0.6 is 23.1 Å². The number of phenolic OH excluding ortho intramolecular Hbond substituents is 1. The molecule has 0 spiro atoms. The average molecular weight is 387 g/mol. The Morgan fingerprint density at radius 2 is 2.19 bits per heavy atom. The molecule has 0 aliphatic heterocycles. The molecule has 0 bridgehead atoms. The fraction of sp³-hybridized carbons (Fsp3) is 0.167. The normalized spacial score (nSPS) is 11.1. The second kappa shape index (κ2) is 8.68. The van der Waals surface area contributed by atoms with Crippen molar-refractivity contribution >= 4 is 45.4 Å². The maximum atomic E-state index is 11.9. The number of carbonyl (C=O) groups excluding carboxylic acids is 1. The first-order valence-electron chi connectivity index (χ1n) is 7.92. The Morgan fingerprint density at radius 1 is 1.35 bits per heavy atom. The first-order chi connectivity index (χ1) is 12.7. The highest BCUT2D eigenvalue weighted by atomic mass is 32.2. The summed E-state index contributed by atoms with van der Waals surface area (Å²) in [6, 6.07) is 13.0. The van der Waals surface area contributed by atoms with Crippen LogP contribution in [-0.2, 0) is 4.79 Å². The molecule has 1 amide bonds. The van der Waals surface area contributed by atoms with E-state index >= 15 is 0 Å². The SMILES string of the molecule is CCOc1cccc(/C=N\NC(=O)CSc2nc3ccccc3s2)c1O. The highest BCUT2D eigenvalue weighted by Gasteiger charge is 2.08. The van der Waals surface area contributed by atoms with Crippen LogP contribution in [0.3, 0.4) is 0 Å². The number of hydrogen-bond acceptors (Lipinski definition) is 7. The van der Waals surface area contributed by atoms with Crippen molar-refractivity contribution in [2.45, 2.75) is 11.3 Å². The summed E-state index contributed by atoms with van der Waals surface area (Å²) in [5, 5.41) is 14.0. The molecule has 26 heavy (non-hydrogen) atoms. The first kappa shape index (κ1) is 18.2. The van der Waals surface area contributed by atoms with Crippen molar-refractivity contribution in [3.8, 4) is 11.5 Å². The van der Waals surface area contributed by atoms with Crippen LogP contribution in [0.1, 0.15) is 12.5 Å². The molecule has 0 unspecified atom stereocenters. The summed E-state index contributed by atoms with van der Waals surface area (Å²) < 4.78 is 7.24. The molecule has 0 saturated heterocycles. The van der Waals surface area contributed by atoms with E-state index in [1.165, 1.54) is 18.0 Å². The lowest BCUT2D eigenvalue weighted by Crippen LogP contribution is -2.19. The molecule has 8 heteroatoms. The fourth-order valence-corrected chi connectivity index (χ4v) is 4.02. The minimum Gasteiger partial charge on any atom is -0.504 e. The predicted octanol–water partition coefficient (Wildman–Crippen LogP) is 3.64. The van der Waals surface area contributed by atoms with Gasteiger partial charge in [-0.05, 0) is 31.2 Å². The van der Waals surface area contributed by atoms with Crippen LogP contribution in [-0.4, -0.2) is 34.6 Å². The van der Waals surface area contributed by atoms with Crippen molar-refractivity contribution < 1.29 is 14.6 Å². The Labute approximate surface area is 158 Å². The Kier molecular flexibility index (Phi) is 6.08. The van der Waals surface area contributed by atoms with Crippen molar-refractivity contribution in [2.75, 3.05) is 12.4 Å². The number of aromatic hydroxyl groups is 1. The van der Waals surface area contributed by atoms with Crippen LogP contribution in [0.2, 0.25) is 0 Å². The maximum absolute atomic E-state index is 11.9. The van der Waals surface area contributed by atoms with E-state index < -0.39 is 0 Å². The molecule has 0 radical (unpaired) electrons. The number of carbonyl (C=O) groups is 1. The zero-order chi connectivity index (χ0) is 18.4. The van der Waals surface area contributed by atoms with Gasteiger partial charge in [-0.3, -0.25) is 4.79 Å². The van der Waals surface area contributed by atoms with Gasteiger partial charge in [-0.2, -0.15) is 5.10 Å². The van der Waals surface area contributed by atoms with E-state index in [9.17, 15) is 9.90 Å². The van der Waals surface area contributed by atoms with Gasteiger partial charge >= 0.3 is 0 Å². The van der Waals surface area contributed by atoms with E-state index in [2.05, 4.69) is 15.5 Å². The number of benzene rings is 2. The standard InChI is InChI=1S/C18H17N3O3S2/c1-2-24-14-8-5-6-12(17(14)23)10-19-21-16(22)11-25-18-20-13-7-3-4-9-15(13)26-18/h3-10,23H,2,11H2,1H3,(H,21,22)/b19-10-. The number of hydrogen-bond donors (Lipinski definition) is 2. The second-order valence-corrected chi connectivity index (χ2v) is 7.41. The Hall–Kier alpha value is -2.58. The zero-order valence-electron chi connectivity index (χ0n) is 14.0. The summed E-state index contributed by atoms with van der Waals surface area (Å²) in [6.45, 7) is 2.29. The van der Waals surface area contributed by atoms with E-state index in [0.29, 0.717) is 17.9 Å². The number of thioether (sulfide) groups is 1. The Balaban J connectivity index is 1.54. The van der Waals surface area contributed by atoms with E-state index in [0.717, 1.165) is 14.6 Å². The van der Waals surface area contributed by atoms with Crippen LogP contribution in [0.15, 0.2) is 51.9 Å². The third kappa shape index (κ3) is 4.53. The van der Waals surface area contributed by atoms with Gasteiger partial charge in [0.15, 0.2) is 15.8 Å². The van der Waals surface area contributed by atoms with E-state index in [-0.39, 0.29) is 17.4 Å². The molecule has 6 nitrogen and oxygen atoms in total. The molecule has 2 N–H and O–H groups in total. The number of amides is 1. The van der Waals surface area contributed by atoms with Crippen LogP contribution in [0.25, 0.3) is 10.2 Å². The Bertz CT molecular complexity index is 907. The van der Waals surface area contributed by atoms with Crippen LogP contribution < -0.4 is 10.2 Å². The number of para-hydroxylation sites is 2. The quantitative estimate of drug-likeness (QED) is 0.367. The molecular formula is C18H17N3O3S2. The number of ether oxygens (including phenoxy) is 1. The smallest absolute Gasteiger partial charge is 0.250 e. The second-order valence-electron chi connectivity index (χ2n) is 5.16. The lowest BCUT2D eigenvalue weighted by Gasteiger charge is -2.07. The van der Waals surface area contributed by atoms with Gasteiger partial charge in [0, 0.05) is 5.56 Å². The fourth-order valence-electron chi connectivity index (χ4n) is 2.16. The van der Waals surface area contributed by atoms with E-state index in [4.69, 9.17) is 4.74 Å². The minimum absolute atomic E-state index is 0.00352. The molecule has 0 saturated carbocycles. The number of nitrogens with one attached hydrogen (secondary N) is 1. The van der Waals surface area contributed by atoms with Gasteiger partial charge < -0.3 is 9.84 Å². The first-order valence-corrected chi connectivity index (χ1v) is 9.72. The summed E-state index contributed by atoms with van der Waals surface area (Å²) in [5.74, 6) is 0.346. The molecule has 0 aliphatic rings. The topological polar surface area (TPSA) is 83.8 Å². The van der Waals surface area contributed by atoms with Crippen LogP contribution in [0.4, 0.5) is 0 Å². The summed E-state index contributed by atoms with van der Waals surface area (Å²) >= 11 is 2.92. The van der Waals surface area contributed by atoms with Gasteiger partial charge in [-0.15, -0.1) is 11.3 Å². The minimum atomic E-state index is -0.244. The number of fused-ring (bicyclic) bond motifs is 1. The van der Waals surface area contributed by atoms with Crippen molar-refractivity contribution in [3.05, 3.63) is 48.0 Å². The van der Waals surface area contributed by atoms with E-state index in [1.807, 2.05) is 31.2 Å². The highest BCUT2D eigenvalue weighted by Crippen LogP contribution is 2.29. The van der Waals surface area contributed by atoms with Gasteiger partial charge in [0.1, 0.15) is 0 Å². The monoisotopic (exact) mass is 387 g/mol. The lowest BCUT2D eigenvalue weighted by atomic mass is 10.2. The largest absolute Gasteiger partial charge is 0.504 e. The summed E-state index contributed by atoms with van der Waals surface area (Å²) in [6.07, 6.45) is 1.39. The van der Waals surface area contributed by atoms with E-state index in [1.54, 1.807) is 29.5 Å². The summed E-state index contributed by atoms with van der Waals surface area (Å²) in [5.41, 5.74) is 3.85. The number of thiazole rings is 1. The third-order valence-electron chi connectivity index (χ3n) is 3.32. The van der Waals surface area contributed by atoms with Gasteiger partial charge in [-0.1, -0.05) is 30.0 Å². The zero-order valence-corrected chi connectivity index (χ0v) is 15.6. The van der Waals surface area contributed by atoms with Crippen molar-refractivity contribution in [3.63, 3.8) is 0 Å². The van der Waals surface area contributed by atoms with Gasteiger partial charge in [-0.25, -0.2) is 10.4 Å². The Morgan fingerprint density at radius 3 is 3.00 bits per heavy atom. The molecule has 3 aromatic rings. The molecular weight excluding hydrogens is 370 g/mol. The van der Waals surface area contributed by atoms with Crippen molar-refractivity contribution in [1.29, 1.82) is 0 Å². The number of hydrazone groups is 1. The molecule has 1 aromatic heterocycles. The van der Waals surface area contributed by atoms with Gasteiger partial charge in [0.05, 0.1) is 28.8 Å². The number of phenols is 1. The lowest BCUT2D eigenvalue weighted by molar-refractivity contribution is -0.118. The number of rotatable bonds is 7. The number of nitrogens with zero attached hydrogens (tertiary/aromatic N) is 2. The molecule has 1 heterocycles. The highest BCUT2D eigenvalue weighted by molar-refractivity contribution is 8.01. The molecule has 134 valence electrons. The molecule has 2 aromatic carbocycles. The van der Waals surface area contributed by atoms with Crippen molar-refractivity contribution in [2.24, 2.45) is 5.10 Å². The summed E-state index contributed by atoms with van der Waals surface area (Å²) in [7, 11) is 0. The predicted molar refractivity (Wildman–Crippen MR) is 105 cm³/mol. The van der Waals surface area contributed by atoms with Gasteiger partial charge in [0.2, 0.25) is 0 Å². The molecule has 0 aliphatic carbocycles. The van der Waals surface area contributed by atoms with Gasteiger partial charge in [0.25, 0.3) is 5.91 Å². The third-order valence-corrected chi connectivity index (χ3v) is 5.50. The summed E-state index contributed by atoms with van der Waals surface area (Å²) in [4.78, 5) is 16.4. The van der Waals surface area contributed by atoms with Crippen LogP contribution in [0.5, 0.6) is 11.5 Å².